The summed E-state index contributed by atoms with van der Waals surface area (Å²) in [6, 6.07) is 4.83. The number of alkyl halides is 3. The Balaban J connectivity index is 0.00000392. The molecule has 10 heteroatoms. The molecule has 2 rings (SSSR count). The van der Waals surface area contributed by atoms with Crippen LogP contribution in [0.2, 0.25) is 0 Å². The maximum absolute atomic E-state index is 12.6. The maximum Gasteiger partial charge on any atom is 0.416 e. The van der Waals surface area contributed by atoms with Crippen molar-refractivity contribution in [3.05, 3.63) is 35.4 Å². The van der Waals surface area contributed by atoms with Crippen molar-refractivity contribution in [2.24, 2.45) is 4.99 Å². The highest BCUT2D eigenvalue weighted by atomic mass is 127. The molecule has 1 aliphatic rings. The van der Waals surface area contributed by atoms with E-state index in [1.54, 1.807) is 0 Å². The lowest BCUT2D eigenvalue weighted by atomic mass is 10.1. The summed E-state index contributed by atoms with van der Waals surface area (Å²) in [6.45, 7) is 3.28. The van der Waals surface area contributed by atoms with Crippen molar-refractivity contribution < 1.29 is 22.8 Å². The van der Waals surface area contributed by atoms with Crippen LogP contribution in [0.1, 0.15) is 37.3 Å². The van der Waals surface area contributed by atoms with E-state index >= 15 is 0 Å². The number of rotatable bonds is 6. The monoisotopic (exact) mass is 512 g/mol. The number of imide groups is 1. The van der Waals surface area contributed by atoms with Gasteiger partial charge in [0.25, 0.3) is 0 Å². The number of nitrogens with one attached hydrogen (secondary N) is 2. The molecule has 0 radical (unpaired) electrons. The Morgan fingerprint density at radius 1 is 1.11 bits per heavy atom. The maximum atomic E-state index is 12.6. The lowest BCUT2D eigenvalue weighted by Crippen LogP contribution is -2.46. The Bertz CT molecular complexity index is 677. The van der Waals surface area contributed by atoms with Crippen molar-refractivity contribution in [3.63, 3.8) is 0 Å². The van der Waals surface area contributed by atoms with Crippen LogP contribution in [0.3, 0.4) is 0 Å². The normalized spacial score (nSPS) is 15.3. The van der Waals surface area contributed by atoms with Gasteiger partial charge < -0.3 is 10.6 Å². The van der Waals surface area contributed by atoms with Crippen LogP contribution in [0, 0.1) is 0 Å². The molecule has 0 saturated carbocycles. The summed E-state index contributed by atoms with van der Waals surface area (Å²) in [5.74, 6) is 0.133. The second-order valence-electron chi connectivity index (χ2n) is 6.11. The van der Waals surface area contributed by atoms with E-state index in [0.29, 0.717) is 43.9 Å². The van der Waals surface area contributed by atoms with Gasteiger partial charge in [-0.15, -0.1) is 24.0 Å². The molecule has 1 fully saturated rings. The molecule has 28 heavy (non-hydrogen) atoms. The van der Waals surface area contributed by atoms with E-state index < -0.39 is 11.7 Å². The van der Waals surface area contributed by atoms with Crippen LogP contribution in [-0.2, 0) is 22.3 Å². The van der Waals surface area contributed by atoms with E-state index in [1.165, 1.54) is 17.0 Å². The van der Waals surface area contributed by atoms with Gasteiger partial charge in [-0.2, -0.15) is 13.2 Å². The van der Waals surface area contributed by atoms with Crippen LogP contribution >= 0.6 is 24.0 Å². The van der Waals surface area contributed by atoms with Crippen molar-refractivity contribution >= 4 is 41.8 Å². The number of benzene rings is 1. The van der Waals surface area contributed by atoms with Crippen LogP contribution in [0.25, 0.3) is 0 Å². The molecular formula is C18H24F3IN4O2. The molecule has 0 unspecified atom stereocenters. The number of hydrogen-bond acceptors (Lipinski definition) is 3. The Morgan fingerprint density at radius 2 is 1.71 bits per heavy atom. The van der Waals surface area contributed by atoms with Gasteiger partial charge in [0.15, 0.2) is 5.96 Å². The Labute approximate surface area is 179 Å². The van der Waals surface area contributed by atoms with Gasteiger partial charge in [0.2, 0.25) is 11.8 Å². The minimum atomic E-state index is -4.36. The highest BCUT2D eigenvalue weighted by Crippen LogP contribution is 2.29. The molecule has 0 bridgehead atoms. The molecule has 156 valence electrons. The lowest BCUT2D eigenvalue weighted by Gasteiger charge is -2.25. The fraction of sp³-hybridized carbons (Fsp3) is 0.500. The summed E-state index contributed by atoms with van der Waals surface area (Å²) >= 11 is 0. The first-order valence-electron chi connectivity index (χ1n) is 8.82. The topological polar surface area (TPSA) is 73.8 Å². The smallest absolute Gasteiger partial charge is 0.357 e. The second-order valence-corrected chi connectivity index (χ2v) is 6.11. The molecule has 2 amide bonds. The number of guanidine groups is 1. The van der Waals surface area contributed by atoms with Gasteiger partial charge in [-0.25, -0.2) is 4.99 Å². The minimum Gasteiger partial charge on any atom is -0.357 e. The zero-order valence-electron chi connectivity index (χ0n) is 15.5. The van der Waals surface area contributed by atoms with Crippen molar-refractivity contribution in [1.29, 1.82) is 0 Å². The van der Waals surface area contributed by atoms with Gasteiger partial charge >= 0.3 is 6.18 Å². The zero-order valence-corrected chi connectivity index (χ0v) is 17.8. The predicted molar refractivity (Wildman–Crippen MR) is 110 cm³/mol. The fourth-order valence-electron chi connectivity index (χ4n) is 2.65. The summed E-state index contributed by atoms with van der Waals surface area (Å²) in [7, 11) is 0. The van der Waals surface area contributed by atoms with Crippen molar-refractivity contribution in [3.8, 4) is 0 Å². The van der Waals surface area contributed by atoms with E-state index in [9.17, 15) is 22.8 Å². The summed E-state index contributed by atoms with van der Waals surface area (Å²) in [5.41, 5.74) is -0.0577. The molecule has 0 spiro atoms. The highest BCUT2D eigenvalue weighted by molar-refractivity contribution is 14.0. The molecule has 1 aliphatic heterocycles. The quantitative estimate of drug-likeness (QED) is 0.266. The van der Waals surface area contributed by atoms with Gasteiger partial charge in [0.05, 0.1) is 12.1 Å². The van der Waals surface area contributed by atoms with E-state index in [-0.39, 0.29) is 48.9 Å². The second kappa shape index (κ2) is 11.2. The molecule has 1 aromatic carbocycles. The SMILES string of the molecule is CCNC(=NCc1ccc(C(F)(F)F)cc1)NCCN1C(=O)CCCC1=O.I. The summed E-state index contributed by atoms with van der Waals surface area (Å²) in [4.78, 5) is 29.1. The average Bonchev–Trinajstić information content (AvgIpc) is 2.61. The Kier molecular flexibility index (Phi) is 9.70. The molecule has 6 nitrogen and oxygen atoms in total. The first-order chi connectivity index (χ1) is 12.8. The number of likely N-dealkylation sites (tertiary alicyclic amines) is 1. The van der Waals surface area contributed by atoms with Gasteiger partial charge in [-0.05, 0) is 31.0 Å². The van der Waals surface area contributed by atoms with E-state index in [2.05, 4.69) is 15.6 Å². The van der Waals surface area contributed by atoms with Gasteiger partial charge in [0, 0.05) is 32.5 Å². The van der Waals surface area contributed by atoms with Gasteiger partial charge in [-0.3, -0.25) is 14.5 Å². The number of carbonyl (C=O) groups is 2. The lowest BCUT2D eigenvalue weighted by molar-refractivity contribution is -0.147. The van der Waals surface area contributed by atoms with Crippen LogP contribution in [-0.4, -0.2) is 42.3 Å². The number of aliphatic imine (C=N–C) groups is 1. The zero-order chi connectivity index (χ0) is 19.9. The molecule has 2 N–H and O–H groups in total. The predicted octanol–water partition coefficient (Wildman–Crippen LogP) is 2.92. The number of hydrogen-bond donors (Lipinski definition) is 2. The van der Waals surface area contributed by atoms with Gasteiger partial charge in [-0.1, -0.05) is 12.1 Å². The summed E-state index contributed by atoms with van der Waals surface area (Å²) in [6.07, 6.45) is -3.00. The molecule has 1 saturated heterocycles. The standard InChI is InChI=1S/C18H23F3N4O2.HI/c1-2-22-17(23-10-11-25-15(26)4-3-5-16(25)27)24-12-13-6-8-14(9-7-13)18(19,20)21;/h6-9H,2-5,10-12H2,1H3,(H2,22,23,24);1H. The van der Waals surface area contributed by atoms with Crippen molar-refractivity contribution in [1.82, 2.24) is 15.5 Å². The fourth-order valence-corrected chi connectivity index (χ4v) is 2.65. The van der Waals surface area contributed by atoms with E-state index in [0.717, 1.165) is 12.1 Å². The van der Waals surface area contributed by atoms with Crippen LogP contribution in [0.5, 0.6) is 0 Å². The number of amides is 2. The van der Waals surface area contributed by atoms with Crippen LogP contribution < -0.4 is 10.6 Å². The third kappa shape index (κ3) is 7.28. The largest absolute Gasteiger partial charge is 0.416 e. The number of carbonyl (C=O) groups excluding carboxylic acids is 2. The van der Waals surface area contributed by atoms with Gasteiger partial charge in [0.1, 0.15) is 0 Å². The van der Waals surface area contributed by atoms with Crippen molar-refractivity contribution in [2.75, 3.05) is 19.6 Å². The molecule has 0 aliphatic carbocycles. The molecule has 1 aromatic rings. The first kappa shape index (κ1) is 24.2. The Morgan fingerprint density at radius 3 is 2.25 bits per heavy atom. The first-order valence-corrected chi connectivity index (χ1v) is 8.82. The van der Waals surface area contributed by atoms with Crippen LogP contribution in [0.4, 0.5) is 13.2 Å². The molecule has 1 heterocycles. The Hall–Kier alpha value is -1.85. The van der Waals surface area contributed by atoms with E-state index in [4.69, 9.17) is 0 Å². The van der Waals surface area contributed by atoms with E-state index in [1.807, 2.05) is 6.92 Å². The van der Waals surface area contributed by atoms with Crippen LogP contribution in [0.15, 0.2) is 29.3 Å². The molecular weight excluding hydrogens is 488 g/mol. The summed E-state index contributed by atoms with van der Waals surface area (Å²) in [5, 5.41) is 6.05. The number of nitrogens with zero attached hydrogens (tertiary/aromatic N) is 2. The number of halogens is 4. The third-order valence-corrected chi connectivity index (χ3v) is 4.06. The third-order valence-electron chi connectivity index (χ3n) is 4.06. The molecule has 0 aromatic heterocycles. The number of piperidine rings is 1. The average molecular weight is 512 g/mol. The van der Waals surface area contributed by atoms with Crippen molar-refractivity contribution in [2.45, 2.75) is 38.9 Å². The molecule has 0 atom stereocenters. The minimum absolute atomic E-state index is 0. The highest BCUT2D eigenvalue weighted by Gasteiger charge is 2.29. The summed E-state index contributed by atoms with van der Waals surface area (Å²) < 4.78 is 37.7.